The smallest absolute Gasteiger partial charge is 0.327 e. The van der Waals surface area contributed by atoms with Crippen molar-refractivity contribution < 1.29 is 23.5 Å². The summed E-state index contributed by atoms with van der Waals surface area (Å²) >= 11 is 0. The molecule has 2 saturated heterocycles. The average molecular weight is 440 g/mol. The Morgan fingerprint density at radius 2 is 1.88 bits per heavy atom. The molecular weight excluding hydrogens is 415 g/mol. The Bertz CT molecular complexity index is 996. The van der Waals surface area contributed by atoms with E-state index in [1.165, 1.54) is 29.2 Å². The van der Waals surface area contributed by atoms with Gasteiger partial charge in [0.1, 0.15) is 24.2 Å². The molecule has 2 N–H and O–H groups in total. The summed E-state index contributed by atoms with van der Waals surface area (Å²) in [5.74, 6) is -0.407. The molecule has 2 aromatic rings. The van der Waals surface area contributed by atoms with Crippen molar-refractivity contribution in [3.8, 4) is 5.75 Å². The van der Waals surface area contributed by atoms with Gasteiger partial charge in [-0.05, 0) is 61.3 Å². The fourth-order valence-electron chi connectivity index (χ4n) is 4.15. The molecule has 4 amide bonds. The molecule has 4 rings (SSSR count). The Labute approximate surface area is 185 Å². The van der Waals surface area contributed by atoms with Crippen molar-refractivity contribution >= 4 is 23.5 Å². The van der Waals surface area contributed by atoms with Crippen molar-refractivity contribution in [3.05, 3.63) is 59.9 Å². The van der Waals surface area contributed by atoms with Gasteiger partial charge in [0.25, 0.3) is 0 Å². The zero-order valence-electron chi connectivity index (χ0n) is 17.7. The number of nitrogens with zero attached hydrogens (tertiary/aromatic N) is 2. The molecule has 2 heterocycles. The average Bonchev–Trinajstić information content (AvgIpc) is 2.81. The lowest BCUT2D eigenvalue weighted by atomic mass is 9.93. The fourth-order valence-corrected chi connectivity index (χ4v) is 4.15. The molecule has 2 aliphatic rings. The Balaban J connectivity index is 1.51. The molecule has 9 heteroatoms. The summed E-state index contributed by atoms with van der Waals surface area (Å²) in [5, 5.41) is 5.98. The number of ether oxygens (including phenoxy) is 1. The Morgan fingerprint density at radius 1 is 1.16 bits per heavy atom. The number of hydrogen-bond acceptors (Lipinski definition) is 5. The molecule has 0 aromatic heterocycles. The molecule has 2 unspecified atom stereocenters. The number of methoxy groups -OCH3 is 1. The first-order chi connectivity index (χ1) is 15.5. The maximum atomic E-state index is 13.3. The number of nitrogens with one attached hydrogen (secondary N) is 2. The number of hydrogen-bond donors (Lipinski definition) is 2. The number of imide groups is 1. The highest BCUT2D eigenvalue weighted by molar-refractivity contribution is 6.02. The van der Waals surface area contributed by atoms with Gasteiger partial charge in [-0.15, -0.1) is 0 Å². The first-order valence-electron chi connectivity index (χ1n) is 10.5. The van der Waals surface area contributed by atoms with Crippen LogP contribution in [0.5, 0.6) is 5.75 Å². The predicted octanol–water partition coefficient (Wildman–Crippen LogP) is 2.36. The highest BCUT2D eigenvalue weighted by Crippen LogP contribution is 2.26. The minimum atomic E-state index is -0.573. The van der Waals surface area contributed by atoms with Crippen molar-refractivity contribution in [2.75, 3.05) is 25.5 Å². The second-order valence-corrected chi connectivity index (χ2v) is 7.88. The van der Waals surface area contributed by atoms with E-state index in [1.54, 1.807) is 31.4 Å². The number of amides is 4. The molecule has 32 heavy (non-hydrogen) atoms. The summed E-state index contributed by atoms with van der Waals surface area (Å²) in [6, 6.07) is 11.0. The third kappa shape index (κ3) is 4.57. The van der Waals surface area contributed by atoms with Gasteiger partial charge in [0.15, 0.2) is 0 Å². The predicted molar refractivity (Wildman–Crippen MR) is 115 cm³/mol. The van der Waals surface area contributed by atoms with Crippen molar-refractivity contribution in [1.82, 2.24) is 15.1 Å². The molecule has 0 radical (unpaired) electrons. The Hall–Kier alpha value is -3.46. The van der Waals surface area contributed by atoms with Crippen LogP contribution in [0.2, 0.25) is 0 Å². The van der Waals surface area contributed by atoms with Gasteiger partial charge in [-0.3, -0.25) is 14.5 Å². The van der Waals surface area contributed by atoms with Crippen molar-refractivity contribution in [1.29, 1.82) is 0 Å². The van der Waals surface area contributed by atoms with E-state index in [2.05, 4.69) is 10.6 Å². The zero-order chi connectivity index (χ0) is 22.7. The summed E-state index contributed by atoms with van der Waals surface area (Å²) in [6.07, 6.45) is 1.44. The molecule has 2 atom stereocenters. The third-order valence-electron chi connectivity index (χ3n) is 5.78. The van der Waals surface area contributed by atoms with E-state index in [4.69, 9.17) is 4.74 Å². The quantitative estimate of drug-likeness (QED) is 0.720. The van der Waals surface area contributed by atoms with Gasteiger partial charge in [0.2, 0.25) is 11.8 Å². The van der Waals surface area contributed by atoms with Gasteiger partial charge in [-0.1, -0.05) is 12.1 Å². The Morgan fingerprint density at radius 3 is 2.56 bits per heavy atom. The van der Waals surface area contributed by atoms with Crippen LogP contribution in [0.25, 0.3) is 0 Å². The minimum absolute atomic E-state index is 0.0133. The number of rotatable bonds is 6. The van der Waals surface area contributed by atoms with Crippen molar-refractivity contribution in [3.63, 3.8) is 0 Å². The van der Waals surface area contributed by atoms with Gasteiger partial charge in [0.05, 0.1) is 19.7 Å². The maximum Gasteiger partial charge on any atom is 0.327 e. The largest absolute Gasteiger partial charge is 0.497 e. The molecular formula is C23H25FN4O4. The number of carbonyl (C=O) groups is 3. The lowest BCUT2D eigenvalue weighted by molar-refractivity contribution is -0.138. The zero-order valence-corrected chi connectivity index (χ0v) is 17.7. The lowest BCUT2D eigenvalue weighted by Gasteiger charge is -2.46. The van der Waals surface area contributed by atoms with Crippen LogP contribution in [0.4, 0.5) is 14.9 Å². The molecule has 0 spiro atoms. The van der Waals surface area contributed by atoms with Gasteiger partial charge >= 0.3 is 6.03 Å². The first-order valence-corrected chi connectivity index (χ1v) is 10.5. The normalized spacial score (nSPS) is 20.7. The molecule has 8 nitrogen and oxygen atoms in total. The summed E-state index contributed by atoms with van der Waals surface area (Å²) < 4.78 is 18.4. The molecule has 0 bridgehead atoms. The highest BCUT2D eigenvalue weighted by atomic mass is 19.1. The van der Waals surface area contributed by atoms with Gasteiger partial charge in [-0.25, -0.2) is 9.18 Å². The summed E-state index contributed by atoms with van der Waals surface area (Å²) in [4.78, 5) is 41.6. The second kappa shape index (κ2) is 9.35. The van der Waals surface area contributed by atoms with Gasteiger partial charge in [-0.2, -0.15) is 0 Å². The SMILES string of the molecule is COc1ccc(NC(=O)CN2C(=O)N(Cc3ccc(F)cc3)C(=O)C3NCCCC32)cc1. The van der Waals surface area contributed by atoms with E-state index < -0.39 is 23.9 Å². The van der Waals surface area contributed by atoms with Crippen LogP contribution in [-0.2, 0) is 16.1 Å². The number of piperidine rings is 1. The maximum absolute atomic E-state index is 13.3. The number of halogens is 1. The van der Waals surface area contributed by atoms with Crippen LogP contribution in [0, 0.1) is 5.82 Å². The Kier molecular flexibility index (Phi) is 6.36. The highest BCUT2D eigenvalue weighted by Gasteiger charge is 2.47. The van der Waals surface area contributed by atoms with Crippen LogP contribution < -0.4 is 15.4 Å². The van der Waals surface area contributed by atoms with E-state index >= 15 is 0 Å². The number of anilines is 1. The standard InChI is InChI=1S/C23H25FN4O4/c1-32-18-10-8-17(9-11-18)26-20(29)14-27-19-3-2-12-25-21(19)22(30)28(23(27)31)13-15-4-6-16(24)7-5-15/h4-11,19,21,25H,2-3,12-14H2,1H3,(H,26,29). The summed E-state index contributed by atoms with van der Waals surface area (Å²) in [7, 11) is 1.56. The molecule has 2 fully saturated rings. The third-order valence-corrected chi connectivity index (χ3v) is 5.78. The molecule has 2 aromatic carbocycles. The van der Waals surface area contributed by atoms with Gasteiger partial charge < -0.3 is 20.3 Å². The van der Waals surface area contributed by atoms with E-state index in [-0.39, 0.29) is 24.9 Å². The van der Waals surface area contributed by atoms with E-state index in [9.17, 15) is 18.8 Å². The number of urea groups is 1. The van der Waals surface area contributed by atoms with Crippen LogP contribution in [0.15, 0.2) is 48.5 Å². The van der Waals surface area contributed by atoms with Crippen molar-refractivity contribution in [2.45, 2.75) is 31.5 Å². The number of benzene rings is 2. The van der Waals surface area contributed by atoms with Crippen LogP contribution in [0.3, 0.4) is 0 Å². The topological polar surface area (TPSA) is 91.0 Å². The fraction of sp³-hybridized carbons (Fsp3) is 0.348. The summed E-state index contributed by atoms with van der Waals surface area (Å²) in [6.45, 7) is 0.498. The lowest BCUT2D eigenvalue weighted by Crippen LogP contribution is -2.70. The second-order valence-electron chi connectivity index (χ2n) is 7.88. The minimum Gasteiger partial charge on any atom is -0.497 e. The van der Waals surface area contributed by atoms with Crippen LogP contribution in [0.1, 0.15) is 18.4 Å². The van der Waals surface area contributed by atoms with E-state index in [0.717, 1.165) is 11.3 Å². The van der Waals surface area contributed by atoms with Crippen molar-refractivity contribution in [2.24, 2.45) is 0 Å². The first kappa shape index (κ1) is 21.8. The number of carbonyl (C=O) groups excluding carboxylic acids is 3. The van der Waals surface area contributed by atoms with E-state index in [0.29, 0.717) is 30.0 Å². The molecule has 2 aliphatic heterocycles. The monoisotopic (exact) mass is 440 g/mol. The summed E-state index contributed by atoms with van der Waals surface area (Å²) in [5.41, 5.74) is 1.21. The van der Waals surface area contributed by atoms with Crippen LogP contribution >= 0.6 is 0 Å². The van der Waals surface area contributed by atoms with Gasteiger partial charge in [0, 0.05) is 5.69 Å². The number of fused-ring (bicyclic) bond motifs is 1. The molecule has 0 aliphatic carbocycles. The van der Waals surface area contributed by atoms with Crippen LogP contribution in [-0.4, -0.2) is 59.9 Å². The molecule has 0 saturated carbocycles. The van der Waals surface area contributed by atoms with E-state index in [1.807, 2.05) is 0 Å². The molecule has 168 valence electrons.